The lowest BCUT2D eigenvalue weighted by molar-refractivity contribution is -0.126. The first-order valence-corrected chi connectivity index (χ1v) is 7.23. The van der Waals surface area contributed by atoms with Crippen molar-refractivity contribution in [1.82, 2.24) is 0 Å². The Kier molecular flexibility index (Phi) is 2.97. The number of thiophene rings is 1. The molecule has 2 heterocycles. The quantitative estimate of drug-likeness (QED) is 0.864. The van der Waals surface area contributed by atoms with Gasteiger partial charge in [0.15, 0.2) is 0 Å². The van der Waals surface area contributed by atoms with E-state index >= 15 is 0 Å². The van der Waals surface area contributed by atoms with E-state index < -0.39 is 6.04 Å². The van der Waals surface area contributed by atoms with Crippen molar-refractivity contribution in [2.45, 2.75) is 12.1 Å². The van der Waals surface area contributed by atoms with Crippen molar-refractivity contribution in [2.24, 2.45) is 5.73 Å². The number of amides is 1. The van der Waals surface area contributed by atoms with Crippen molar-refractivity contribution in [3.63, 3.8) is 0 Å². The number of rotatable bonds is 2. The molecule has 1 aromatic carbocycles. The van der Waals surface area contributed by atoms with Gasteiger partial charge in [0, 0.05) is 15.0 Å². The Balaban J connectivity index is 1.95. The largest absolute Gasteiger partial charge is 0.318 e. The van der Waals surface area contributed by atoms with Crippen LogP contribution in [0.1, 0.15) is 10.9 Å². The van der Waals surface area contributed by atoms with Crippen LogP contribution < -0.4 is 10.6 Å². The highest BCUT2D eigenvalue weighted by Gasteiger charge is 2.47. The van der Waals surface area contributed by atoms with Gasteiger partial charge in [-0.15, -0.1) is 11.3 Å². The molecule has 0 unspecified atom stereocenters. The molecular formula is C13H11BrN2OS. The summed E-state index contributed by atoms with van der Waals surface area (Å²) >= 11 is 5.02. The van der Waals surface area contributed by atoms with E-state index in [9.17, 15) is 4.79 Å². The molecule has 2 aromatic rings. The minimum absolute atomic E-state index is 0.0178. The van der Waals surface area contributed by atoms with Gasteiger partial charge >= 0.3 is 0 Å². The van der Waals surface area contributed by atoms with Gasteiger partial charge in [0.1, 0.15) is 6.04 Å². The lowest BCUT2D eigenvalue weighted by Crippen LogP contribution is -2.63. The summed E-state index contributed by atoms with van der Waals surface area (Å²) in [6.45, 7) is 0. The SMILES string of the molecule is N[C@H]1C(=O)N(c2ccc(Br)cc2)[C@@H]1c1cccs1. The van der Waals surface area contributed by atoms with E-state index in [2.05, 4.69) is 15.9 Å². The molecular weight excluding hydrogens is 312 g/mol. The fourth-order valence-corrected chi connectivity index (χ4v) is 3.29. The molecule has 1 saturated heterocycles. The van der Waals surface area contributed by atoms with E-state index in [0.29, 0.717) is 0 Å². The Labute approximate surface area is 117 Å². The highest BCUT2D eigenvalue weighted by Crippen LogP contribution is 2.40. The molecule has 5 heteroatoms. The summed E-state index contributed by atoms with van der Waals surface area (Å²) in [5.41, 5.74) is 6.81. The molecule has 1 aliphatic heterocycles. The number of carbonyl (C=O) groups excluding carboxylic acids is 1. The summed E-state index contributed by atoms with van der Waals surface area (Å²) < 4.78 is 0.996. The summed E-state index contributed by atoms with van der Waals surface area (Å²) in [5, 5.41) is 2.00. The highest BCUT2D eigenvalue weighted by atomic mass is 79.9. The number of β-lactam (4-membered cyclic amide) rings is 1. The number of nitrogens with zero attached hydrogens (tertiary/aromatic N) is 1. The normalized spacial score (nSPS) is 23.0. The van der Waals surface area contributed by atoms with Crippen LogP contribution in [0.2, 0.25) is 0 Å². The number of carbonyl (C=O) groups is 1. The summed E-state index contributed by atoms with van der Waals surface area (Å²) in [6, 6.07) is 11.3. The molecule has 1 aliphatic rings. The van der Waals surface area contributed by atoms with Gasteiger partial charge < -0.3 is 10.6 Å². The second kappa shape index (κ2) is 4.50. The van der Waals surface area contributed by atoms with Gasteiger partial charge in [0.2, 0.25) is 5.91 Å². The topological polar surface area (TPSA) is 46.3 Å². The summed E-state index contributed by atoms with van der Waals surface area (Å²) in [6.07, 6.45) is 0. The summed E-state index contributed by atoms with van der Waals surface area (Å²) in [4.78, 5) is 14.8. The molecule has 2 N–H and O–H groups in total. The summed E-state index contributed by atoms with van der Waals surface area (Å²) in [7, 11) is 0. The molecule has 0 saturated carbocycles. The lowest BCUT2D eigenvalue weighted by Gasteiger charge is -2.44. The zero-order chi connectivity index (χ0) is 12.7. The van der Waals surface area contributed by atoms with Crippen molar-refractivity contribution in [2.75, 3.05) is 4.90 Å². The molecule has 0 radical (unpaired) electrons. The fraction of sp³-hybridized carbons (Fsp3) is 0.154. The smallest absolute Gasteiger partial charge is 0.247 e. The lowest BCUT2D eigenvalue weighted by atomic mass is 9.93. The van der Waals surface area contributed by atoms with Gasteiger partial charge in [-0.2, -0.15) is 0 Å². The first-order valence-electron chi connectivity index (χ1n) is 5.56. The predicted molar refractivity (Wildman–Crippen MR) is 76.7 cm³/mol. The predicted octanol–water partition coefficient (Wildman–Crippen LogP) is 2.93. The summed E-state index contributed by atoms with van der Waals surface area (Å²) in [5.74, 6) is -0.0178. The van der Waals surface area contributed by atoms with Crippen molar-refractivity contribution >= 4 is 38.9 Å². The average molecular weight is 323 g/mol. The van der Waals surface area contributed by atoms with Gasteiger partial charge in [-0.05, 0) is 35.7 Å². The van der Waals surface area contributed by atoms with Crippen LogP contribution in [0.15, 0.2) is 46.3 Å². The van der Waals surface area contributed by atoms with Crippen molar-refractivity contribution in [3.8, 4) is 0 Å². The average Bonchev–Trinajstić information content (AvgIpc) is 2.89. The van der Waals surface area contributed by atoms with Crippen LogP contribution in [0.25, 0.3) is 0 Å². The molecule has 3 rings (SSSR count). The molecule has 18 heavy (non-hydrogen) atoms. The molecule has 0 spiro atoms. The van der Waals surface area contributed by atoms with E-state index in [1.807, 2.05) is 41.8 Å². The standard InChI is InChI=1S/C13H11BrN2OS/c14-8-3-5-9(6-4-8)16-12(11(15)13(16)17)10-2-1-7-18-10/h1-7,11-12H,15H2/t11-,12-/m1/s1. The minimum Gasteiger partial charge on any atom is -0.318 e. The molecule has 0 bridgehead atoms. The van der Waals surface area contributed by atoms with E-state index in [4.69, 9.17) is 5.73 Å². The van der Waals surface area contributed by atoms with Crippen molar-refractivity contribution in [3.05, 3.63) is 51.1 Å². The number of benzene rings is 1. The van der Waals surface area contributed by atoms with E-state index in [1.165, 1.54) is 0 Å². The Hall–Kier alpha value is -1.17. The van der Waals surface area contributed by atoms with Gasteiger partial charge in [-0.3, -0.25) is 4.79 Å². The van der Waals surface area contributed by atoms with Crippen LogP contribution >= 0.6 is 27.3 Å². The Bertz CT molecular complexity index is 567. The van der Waals surface area contributed by atoms with Gasteiger partial charge in [-0.1, -0.05) is 22.0 Å². The monoisotopic (exact) mass is 322 g/mol. The van der Waals surface area contributed by atoms with Crippen LogP contribution in [0, 0.1) is 0 Å². The molecule has 3 nitrogen and oxygen atoms in total. The van der Waals surface area contributed by atoms with Gasteiger partial charge in [0.05, 0.1) is 6.04 Å². The zero-order valence-corrected chi connectivity index (χ0v) is 11.8. The van der Waals surface area contributed by atoms with Crippen LogP contribution in [0.4, 0.5) is 5.69 Å². The van der Waals surface area contributed by atoms with E-state index in [-0.39, 0.29) is 11.9 Å². The van der Waals surface area contributed by atoms with Gasteiger partial charge in [0.25, 0.3) is 0 Å². The molecule has 0 aliphatic carbocycles. The minimum atomic E-state index is -0.424. The second-order valence-corrected chi connectivity index (χ2v) is 6.07. The zero-order valence-electron chi connectivity index (χ0n) is 9.42. The van der Waals surface area contributed by atoms with Crippen LogP contribution in [0.5, 0.6) is 0 Å². The second-order valence-electron chi connectivity index (χ2n) is 4.17. The molecule has 1 amide bonds. The Morgan fingerprint density at radius 2 is 1.94 bits per heavy atom. The number of hydrogen-bond donors (Lipinski definition) is 1. The first kappa shape index (κ1) is 11.9. The molecule has 92 valence electrons. The van der Waals surface area contributed by atoms with E-state index in [0.717, 1.165) is 15.0 Å². The number of halogens is 1. The van der Waals surface area contributed by atoms with Crippen molar-refractivity contribution < 1.29 is 4.79 Å². The number of hydrogen-bond acceptors (Lipinski definition) is 3. The Morgan fingerprint density at radius 3 is 2.56 bits per heavy atom. The third-order valence-corrected chi connectivity index (χ3v) is 4.55. The Morgan fingerprint density at radius 1 is 1.22 bits per heavy atom. The van der Waals surface area contributed by atoms with E-state index in [1.54, 1.807) is 16.2 Å². The first-order chi connectivity index (χ1) is 8.68. The maximum absolute atomic E-state index is 11.9. The van der Waals surface area contributed by atoms with Crippen LogP contribution in [-0.2, 0) is 4.79 Å². The third-order valence-electron chi connectivity index (χ3n) is 3.08. The van der Waals surface area contributed by atoms with Gasteiger partial charge in [-0.25, -0.2) is 0 Å². The maximum Gasteiger partial charge on any atom is 0.247 e. The fourth-order valence-electron chi connectivity index (χ4n) is 2.16. The maximum atomic E-state index is 11.9. The molecule has 1 aromatic heterocycles. The third kappa shape index (κ3) is 1.79. The molecule has 1 fully saturated rings. The number of anilines is 1. The van der Waals surface area contributed by atoms with Crippen LogP contribution in [-0.4, -0.2) is 11.9 Å². The van der Waals surface area contributed by atoms with Crippen LogP contribution in [0.3, 0.4) is 0 Å². The highest BCUT2D eigenvalue weighted by molar-refractivity contribution is 9.10. The number of nitrogens with two attached hydrogens (primary N) is 1. The van der Waals surface area contributed by atoms with Crippen molar-refractivity contribution in [1.29, 1.82) is 0 Å². The molecule has 2 atom stereocenters.